The number of carbonyl (C=O) groups is 3. The number of carbonyl (C=O) groups excluding carboxylic acids is 3. The lowest BCUT2D eigenvalue weighted by molar-refractivity contribution is -0.125. The Morgan fingerprint density at radius 2 is 2.30 bits per heavy atom. The van der Waals surface area contributed by atoms with Crippen molar-refractivity contribution in [3.8, 4) is 11.5 Å². The second kappa shape index (κ2) is 5.60. The van der Waals surface area contributed by atoms with Gasteiger partial charge in [0.25, 0.3) is 5.91 Å². The Morgan fingerprint density at radius 3 is 2.90 bits per heavy atom. The molecule has 1 aromatic carbocycles. The van der Waals surface area contributed by atoms with E-state index in [1.807, 2.05) is 0 Å². The Kier molecular flexibility index (Phi) is 3.88. The lowest BCUT2D eigenvalue weighted by Crippen LogP contribution is -2.44. The molecule has 1 heterocycles. The third-order valence-corrected chi connectivity index (χ3v) is 2.93. The van der Waals surface area contributed by atoms with Crippen molar-refractivity contribution in [2.75, 3.05) is 32.2 Å². The fourth-order valence-corrected chi connectivity index (χ4v) is 1.92. The molecule has 0 bridgehead atoms. The molecule has 1 aliphatic heterocycles. The van der Waals surface area contributed by atoms with Crippen LogP contribution in [0.2, 0.25) is 0 Å². The zero-order valence-corrected chi connectivity index (χ0v) is 11.1. The molecule has 2 rings (SSSR count). The van der Waals surface area contributed by atoms with Gasteiger partial charge in [0.05, 0.1) is 12.8 Å². The van der Waals surface area contributed by atoms with E-state index < -0.39 is 0 Å². The molecule has 2 amide bonds. The SMILES string of the molecule is CNC(=O)CN1C(=O)COc2c(OC)cc(C=O)cc21. The quantitative estimate of drug-likeness (QED) is 0.782. The number of aldehydes is 1. The van der Waals surface area contributed by atoms with Crippen LogP contribution in [0.3, 0.4) is 0 Å². The van der Waals surface area contributed by atoms with E-state index in [1.165, 1.54) is 31.2 Å². The van der Waals surface area contributed by atoms with Gasteiger partial charge in [-0.3, -0.25) is 19.3 Å². The second-order valence-electron chi connectivity index (χ2n) is 4.13. The molecule has 7 heteroatoms. The van der Waals surface area contributed by atoms with Gasteiger partial charge in [-0.25, -0.2) is 0 Å². The van der Waals surface area contributed by atoms with Crippen molar-refractivity contribution >= 4 is 23.8 Å². The number of likely N-dealkylation sites (N-methyl/N-ethyl adjacent to an activating group) is 1. The van der Waals surface area contributed by atoms with E-state index in [1.54, 1.807) is 0 Å². The lowest BCUT2D eigenvalue weighted by Gasteiger charge is -2.29. The van der Waals surface area contributed by atoms with Gasteiger partial charge in [0.15, 0.2) is 18.1 Å². The fraction of sp³-hybridized carbons (Fsp3) is 0.308. The molecule has 0 spiro atoms. The minimum atomic E-state index is -0.355. The molecule has 0 aliphatic carbocycles. The molecule has 0 aromatic heterocycles. The molecular formula is C13H14N2O5. The van der Waals surface area contributed by atoms with Crippen LogP contribution in [0.15, 0.2) is 12.1 Å². The highest BCUT2D eigenvalue weighted by molar-refractivity contribution is 6.03. The number of hydrogen-bond acceptors (Lipinski definition) is 5. The summed E-state index contributed by atoms with van der Waals surface area (Å²) >= 11 is 0. The van der Waals surface area contributed by atoms with Gasteiger partial charge in [-0.1, -0.05) is 0 Å². The average molecular weight is 278 g/mol. The zero-order chi connectivity index (χ0) is 14.7. The summed E-state index contributed by atoms with van der Waals surface area (Å²) in [6.07, 6.45) is 0.639. The first-order valence-electron chi connectivity index (χ1n) is 5.91. The Hall–Kier alpha value is -2.57. The van der Waals surface area contributed by atoms with E-state index in [2.05, 4.69) is 5.32 Å². The van der Waals surface area contributed by atoms with Crippen molar-refractivity contribution in [2.45, 2.75) is 0 Å². The van der Waals surface area contributed by atoms with Crippen LogP contribution in [-0.4, -0.2) is 45.4 Å². The summed E-state index contributed by atoms with van der Waals surface area (Å²) in [7, 11) is 2.92. The summed E-state index contributed by atoms with van der Waals surface area (Å²) in [6.45, 7) is -0.321. The minimum Gasteiger partial charge on any atom is -0.493 e. The number of rotatable bonds is 4. The molecule has 0 fully saturated rings. The molecule has 20 heavy (non-hydrogen) atoms. The van der Waals surface area contributed by atoms with E-state index in [4.69, 9.17) is 9.47 Å². The predicted octanol–water partition coefficient (Wildman–Crippen LogP) is -0.0209. The molecule has 0 radical (unpaired) electrons. The zero-order valence-electron chi connectivity index (χ0n) is 11.1. The highest BCUT2D eigenvalue weighted by Gasteiger charge is 2.30. The molecule has 0 atom stereocenters. The maximum Gasteiger partial charge on any atom is 0.265 e. The van der Waals surface area contributed by atoms with Gasteiger partial charge in [-0.05, 0) is 12.1 Å². The highest BCUT2D eigenvalue weighted by atomic mass is 16.5. The summed E-state index contributed by atoms with van der Waals surface area (Å²) in [6, 6.07) is 3.00. The van der Waals surface area contributed by atoms with Crippen molar-refractivity contribution < 1.29 is 23.9 Å². The molecule has 1 aromatic rings. The highest BCUT2D eigenvalue weighted by Crippen LogP contribution is 2.41. The number of benzene rings is 1. The summed E-state index contributed by atoms with van der Waals surface area (Å²) in [5.41, 5.74) is 0.687. The summed E-state index contributed by atoms with van der Waals surface area (Å²) in [5, 5.41) is 2.45. The van der Waals surface area contributed by atoms with E-state index >= 15 is 0 Å². The molecule has 0 unspecified atom stereocenters. The fourth-order valence-electron chi connectivity index (χ4n) is 1.92. The number of nitrogens with zero attached hydrogens (tertiary/aromatic N) is 1. The van der Waals surface area contributed by atoms with Crippen LogP contribution in [0.1, 0.15) is 10.4 Å². The number of amides is 2. The van der Waals surface area contributed by atoms with Gasteiger partial charge in [-0.15, -0.1) is 0 Å². The van der Waals surface area contributed by atoms with E-state index in [9.17, 15) is 14.4 Å². The first kappa shape index (κ1) is 13.9. The van der Waals surface area contributed by atoms with E-state index in [0.29, 0.717) is 29.0 Å². The second-order valence-corrected chi connectivity index (χ2v) is 4.13. The van der Waals surface area contributed by atoms with Crippen molar-refractivity contribution in [3.05, 3.63) is 17.7 Å². The molecule has 0 saturated carbocycles. The molecule has 0 saturated heterocycles. The number of ether oxygens (including phenoxy) is 2. The van der Waals surface area contributed by atoms with Crippen molar-refractivity contribution in [2.24, 2.45) is 0 Å². The number of anilines is 1. The van der Waals surface area contributed by atoms with Crippen molar-refractivity contribution in [1.82, 2.24) is 5.32 Å². The Balaban J connectivity index is 2.50. The monoisotopic (exact) mass is 278 g/mol. The first-order valence-corrected chi connectivity index (χ1v) is 5.91. The normalized spacial score (nSPS) is 13.3. The van der Waals surface area contributed by atoms with Gasteiger partial charge in [0.2, 0.25) is 5.91 Å². The van der Waals surface area contributed by atoms with Gasteiger partial charge < -0.3 is 14.8 Å². The van der Waals surface area contributed by atoms with Gasteiger partial charge in [0, 0.05) is 12.6 Å². The summed E-state index contributed by atoms with van der Waals surface area (Å²) in [5.74, 6) is 0.0217. The average Bonchev–Trinajstić information content (AvgIpc) is 2.48. The van der Waals surface area contributed by atoms with Crippen LogP contribution in [0.25, 0.3) is 0 Å². The Morgan fingerprint density at radius 1 is 1.55 bits per heavy atom. The van der Waals surface area contributed by atoms with E-state index in [0.717, 1.165) is 0 Å². The molecule has 1 aliphatic rings. The molecule has 1 N–H and O–H groups in total. The van der Waals surface area contributed by atoms with Crippen LogP contribution in [0, 0.1) is 0 Å². The number of nitrogens with one attached hydrogen (secondary N) is 1. The predicted molar refractivity (Wildman–Crippen MR) is 70.3 cm³/mol. The molecule has 106 valence electrons. The number of hydrogen-bond donors (Lipinski definition) is 1. The standard InChI is InChI=1S/C13H14N2O5/c1-14-11(17)5-15-9-3-8(6-16)4-10(19-2)13(9)20-7-12(15)18/h3-4,6H,5,7H2,1-2H3,(H,14,17). The van der Waals surface area contributed by atoms with Gasteiger partial charge in [0.1, 0.15) is 12.8 Å². The van der Waals surface area contributed by atoms with Crippen molar-refractivity contribution in [3.63, 3.8) is 0 Å². The Labute approximate surface area is 115 Å². The first-order chi connectivity index (χ1) is 9.60. The largest absolute Gasteiger partial charge is 0.493 e. The number of methoxy groups -OCH3 is 1. The smallest absolute Gasteiger partial charge is 0.265 e. The van der Waals surface area contributed by atoms with Crippen molar-refractivity contribution in [1.29, 1.82) is 0 Å². The molecule has 7 nitrogen and oxygen atoms in total. The maximum atomic E-state index is 11.9. The maximum absolute atomic E-state index is 11.9. The molecular weight excluding hydrogens is 264 g/mol. The topological polar surface area (TPSA) is 84.9 Å². The van der Waals surface area contributed by atoms with Crippen LogP contribution in [0.4, 0.5) is 5.69 Å². The third-order valence-electron chi connectivity index (χ3n) is 2.93. The Bertz CT molecular complexity index is 570. The lowest BCUT2D eigenvalue weighted by atomic mass is 10.1. The van der Waals surface area contributed by atoms with Gasteiger partial charge in [-0.2, -0.15) is 0 Å². The third kappa shape index (κ3) is 2.42. The van der Waals surface area contributed by atoms with Crippen LogP contribution >= 0.6 is 0 Å². The van der Waals surface area contributed by atoms with Crippen LogP contribution in [-0.2, 0) is 9.59 Å². The summed E-state index contributed by atoms with van der Waals surface area (Å²) < 4.78 is 10.5. The number of fused-ring (bicyclic) bond motifs is 1. The summed E-state index contributed by atoms with van der Waals surface area (Å²) in [4.78, 5) is 35.6. The van der Waals surface area contributed by atoms with Gasteiger partial charge >= 0.3 is 0 Å². The van der Waals surface area contributed by atoms with Crippen LogP contribution in [0.5, 0.6) is 11.5 Å². The minimum absolute atomic E-state index is 0.142. The van der Waals surface area contributed by atoms with Crippen LogP contribution < -0.4 is 19.7 Å². The van der Waals surface area contributed by atoms with E-state index in [-0.39, 0.29) is 25.0 Å².